The zero-order chi connectivity index (χ0) is 25.1. The number of anilines is 2. The van der Waals surface area contributed by atoms with Gasteiger partial charge in [-0.15, -0.1) is 0 Å². The molecule has 6 nitrogen and oxygen atoms in total. The molecule has 0 radical (unpaired) electrons. The Hall–Kier alpha value is -3.70. The number of nitrogens with two attached hydrogens (primary N) is 2. The molecule has 1 fully saturated rings. The number of halogens is 6. The van der Waals surface area contributed by atoms with Crippen molar-refractivity contribution in [3.63, 3.8) is 0 Å². The first-order valence-electron chi connectivity index (χ1n) is 10.6. The first-order valence-corrected chi connectivity index (χ1v) is 10.6. The SMILES string of the molecule is Nc1ccnc(C(F)(F)F)c1Oc1ccc2c(c1)C1CCC2C1Oc1c(N)ccnc1C(F)(F)F. The highest BCUT2D eigenvalue weighted by molar-refractivity contribution is 5.58. The number of alkyl halides is 6. The molecule has 2 aliphatic carbocycles. The molecule has 0 aliphatic heterocycles. The molecule has 2 aliphatic rings. The second-order valence-electron chi connectivity index (χ2n) is 8.42. The van der Waals surface area contributed by atoms with Crippen LogP contribution >= 0.6 is 0 Å². The minimum absolute atomic E-state index is 0.0946. The normalized spacial score (nSPS) is 21.1. The predicted molar refractivity (Wildman–Crippen MR) is 113 cm³/mol. The predicted octanol–water partition coefficient (Wildman–Crippen LogP) is 5.89. The van der Waals surface area contributed by atoms with Gasteiger partial charge >= 0.3 is 12.4 Å². The highest BCUT2D eigenvalue weighted by Crippen LogP contribution is 2.56. The van der Waals surface area contributed by atoms with Crippen LogP contribution in [0, 0.1) is 0 Å². The lowest BCUT2D eigenvalue weighted by Gasteiger charge is -2.22. The molecule has 2 heterocycles. The largest absolute Gasteiger partial charge is 0.485 e. The van der Waals surface area contributed by atoms with Gasteiger partial charge in [0, 0.05) is 24.2 Å². The summed E-state index contributed by atoms with van der Waals surface area (Å²) < 4.78 is 91.9. The van der Waals surface area contributed by atoms with Crippen molar-refractivity contribution in [2.24, 2.45) is 0 Å². The van der Waals surface area contributed by atoms with E-state index < -0.39 is 41.3 Å². The zero-order valence-electron chi connectivity index (χ0n) is 17.8. The van der Waals surface area contributed by atoms with Gasteiger partial charge < -0.3 is 20.9 Å². The maximum atomic E-state index is 13.5. The Morgan fingerprint density at radius 2 is 1.29 bits per heavy atom. The lowest BCUT2D eigenvalue weighted by molar-refractivity contribution is -0.143. The lowest BCUT2D eigenvalue weighted by Crippen LogP contribution is -2.23. The van der Waals surface area contributed by atoms with Crippen LogP contribution in [0.15, 0.2) is 42.7 Å². The average Bonchev–Trinajstić information content (AvgIpc) is 3.30. The van der Waals surface area contributed by atoms with E-state index >= 15 is 0 Å². The Kier molecular flexibility index (Phi) is 5.22. The van der Waals surface area contributed by atoms with Gasteiger partial charge in [-0.25, -0.2) is 9.97 Å². The molecule has 35 heavy (non-hydrogen) atoms. The summed E-state index contributed by atoms with van der Waals surface area (Å²) in [6.07, 6.45) is -6.97. The summed E-state index contributed by atoms with van der Waals surface area (Å²) in [6.45, 7) is 0. The standard InChI is InChI=1S/C23H18F6N4O2/c24-22(25,26)20-18(15(30)5-7-32-20)34-10-1-2-11-12-3-4-13(14(11)9-10)17(12)35-19-16(31)6-8-33-21(19)23(27,28)29/h1-2,5-9,12-13,17H,3-4H2,(H2,30,32)(H2,31,33). The maximum Gasteiger partial charge on any atom is 0.437 e. The second-order valence-corrected chi connectivity index (χ2v) is 8.42. The van der Waals surface area contributed by atoms with Crippen LogP contribution in [-0.2, 0) is 12.4 Å². The van der Waals surface area contributed by atoms with Gasteiger partial charge in [0.15, 0.2) is 22.9 Å². The Labute approximate surface area is 194 Å². The molecule has 4 N–H and O–H groups in total. The highest BCUT2D eigenvalue weighted by Gasteiger charge is 2.49. The Morgan fingerprint density at radius 3 is 1.89 bits per heavy atom. The smallest absolute Gasteiger partial charge is 0.437 e. The molecular weight excluding hydrogens is 478 g/mol. The van der Waals surface area contributed by atoms with E-state index in [1.807, 2.05) is 0 Å². The molecule has 0 amide bonds. The van der Waals surface area contributed by atoms with E-state index in [1.165, 1.54) is 18.2 Å². The fraction of sp³-hybridized carbons (Fsp3) is 0.304. The van der Waals surface area contributed by atoms with E-state index in [9.17, 15) is 26.3 Å². The van der Waals surface area contributed by atoms with Gasteiger partial charge in [0.25, 0.3) is 0 Å². The van der Waals surface area contributed by atoms with Crippen LogP contribution in [-0.4, -0.2) is 16.1 Å². The third-order valence-corrected chi connectivity index (χ3v) is 6.32. The molecule has 5 rings (SSSR count). The van der Waals surface area contributed by atoms with E-state index in [4.69, 9.17) is 20.9 Å². The Balaban J connectivity index is 1.46. The number of rotatable bonds is 4. The summed E-state index contributed by atoms with van der Waals surface area (Å²) in [5.74, 6) is -1.55. The summed E-state index contributed by atoms with van der Waals surface area (Å²) in [6, 6.07) is 7.17. The van der Waals surface area contributed by atoms with Gasteiger partial charge in [-0.2, -0.15) is 26.3 Å². The number of pyridine rings is 2. The molecule has 12 heteroatoms. The topological polar surface area (TPSA) is 96.3 Å². The number of benzene rings is 1. The van der Waals surface area contributed by atoms with E-state index in [0.29, 0.717) is 12.8 Å². The van der Waals surface area contributed by atoms with Crippen molar-refractivity contribution in [2.75, 3.05) is 11.5 Å². The van der Waals surface area contributed by atoms with E-state index in [1.54, 1.807) is 12.1 Å². The fourth-order valence-electron chi connectivity index (χ4n) is 4.89. The first-order chi connectivity index (χ1) is 16.4. The molecule has 1 saturated carbocycles. The second kappa shape index (κ2) is 7.92. The van der Waals surface area contributed by atoms with Crippen LogP contribution in [0.3, 0.4) is 0 Å². The quantitative estimate of drug-likeness (QED) is 0.437. The molecule has 2 aromatic heterocycles. The van der Waals surface area contributed by atoms with Crippen molar-refractivity contribution in [1.82, 2.24) is 9.97 Å². The van der Waals surface area contributed by atoms with Crippen molar-refractivity contribution in [3.05, 3.63) is 65.2 Å². The molecule has 0 spiro atoms. The average molecular weight is 496 g/mol. The van der Waals surface area contributed by atoms with Crippen LogP contribution in [0.4, 0.5) is 37.7 Å². The number of hydrogen-bond acceptors (Lipinski definition) is 6. The minimum Gasteiger partial charge on any atom is -0.485 e. The van der Waals surface area contributed by atoms with Crippen LogP contribution in [0.5, 0.6) is 17.2 Å². The van der Waals surface area contributed by atoms with Gasteiger partial charge in [-0.05, 0) is 48.2 Å². The number of ether oxygens (including phenoxy) is 2. The van der Waals surface area contributed by atoms with Crippen LogP contribution in [0.25, 0.3) is 0 Å². The molecule has 2 bridgehead atoms. The zero-order valence-corrected chi connectivity index (χ0v) is 17.8. The van der Waals surface area contributed by atoms with Gasteiger partial charge in [0.05, 0.1) is 11.4 Å². The molecule has 184 valence electrons. The number of fused-ring (bicyclic) bond motifs is 5. The molecule has 3 aromatic rings. The molecule has 3 unspecified atom stereocenters. The lowest BCUT2D eigenvalue weighted by atomic mass is 9.92. The van der Waals surface area contributed by atoms with Crippen molar-refractivity contribution >= 4 is 11.4 Å². The summed E-state index contributed by atoms with van der Waals surface area (Å²) in [7, 11) is 0. The minimum atomic E-state index is -4.78. The summed E-state index contributed by atoms with van der Waals surface area (Å²) in [5, 5.41) is 0. The van der Waals surface area contributed by atoms with Crippen LogP contribution in [0.1, 0.15) is 47.2 Å². The molecule has 1 aromatic carbocycles. The van der Waals surface area contributed by atoms with Gasteiger partial charge in [0.1, 0.15) is 11.9 Å². The van der Waals surface area contributed by atoms with E-state index in [0.717, 1.165) is 23.5 Å². The fourth-order valence-corrected chi connectivity index (χ4v) is 4.89. The summed E-state index contributed by atoms with van der Waals surface area (Å²) >= 11 is 0. The summed E-state index contributed by atoms with van der Waals surface area (Å²) in [5.41, 5.74) is 10.2. The highest BCUT2D eigenvalue weighted by atomic mass is 19.4. The van der Waals surface area contributed by atoms with Crippen LogP contribution < -0.4 is 20.9 Å². The maximum absolute atomic E-state index is 13.5. The third kappa shape index (κ3) is 3.96. The van der Waals surface area contributed by atoms with Gasteiger partial charge in [-0.3, -0.25) is 0 Å². The Bertz CT molecular complexity index is 1290. The van der Waals surface area contributed by atoms with E-state index in [-0.39, 0.29) is 29.0 Å². The van der Waals surface area contributed by atoms with Crippen molar-refractivity contribution in [2.45, 2.75) is 43.1 Å². The molecule has 0 saturated heterocycles. The molecular formula is C23H18F6N4O2. The van der Waals surface area contributed by atoms with Crippen molar-refractivity contribution in [3.8, 4) is 17.2 Å². The number of nitrogen functional groups attached to an aromatic ring is 2. The summed E-state index contributed by atoms with van der Waals surface area (Å²) in [4.78, 5) is 6.76. The monoisotopic (exact) mass is 496 g/mol. The van der Waals surface area contributed by atoms with Crippen LogP contribution in [0.2, 0.25) is 0 Å². The molecule has 3 atom stereocenters. The first kappa shape index (κ1) is 23.1. The Morgan fingerprint density at radius 1 is 0.743 bits per heavy atom. The van der Waals surface area contributed by atoms with Crippen molar-refractivity contribution in [1.29, 1.82) is 0 Å². The number of aromatic nitrogens is 2. The van der Waals surface area contributed by atoms with E-state index in [2.05, 4.69) is 9.97 Å². The number of hydrogen-bond donors (Lipinski definition) is 2. The van der Waals surface area contributed by atoms with Crippen molar-refractivity contribution < 1.29 is 35.8 Å². The van der Waals surface area contributed by atoms with Gasteiger partial charge in [-0.1, -0.05) is 6.07 Å². The third-order valence-electron chi connectivity index (χ3n) is 6.32. The number of nitrogens with zero attached hydrogens (tertiary/aromatic N) is 2. The van der Waals surface area contributed by atoms with Gasteiger partial charge in [0.2, 0.25) is 0 Å².